The molecule has 1 aliphatic rings. The lowest BCUT2D eigenvalue weighted by molar-refractivity contribution is -0.129. The fourth-order valence-electron chi connectivity index (χ4n) is 3.74. The van der Waals surface area contributed by atoms with Gasteiger partial charge in [-0.05, 0) is 38.5 Å². The Bertz CT molecular complexity index is 709. The van der Waals surface area contributed by atoms with Gasteiger partial charge >= 0.3 is 0 Å². The summed E-state index contributed by atoms with van der Waals surface area (Å²) in [5.74, 6) is -0.418. The molecular weight excluding hydrogens is 360 g/mol. The largest absolute Gasteiger partial charge is 0.361 e. The number of carbonyl (C=O) groups excluding carboxylic acids is 4. The molecule has 3 atom stereocenters. The first kappa shape index (κ1) is 22.0. The zero-order chi connectivity index (χ0) is 20.7. The third kappa shape index (κ3) is 6.39. The van der Waals surface area contributed by atoms with Crippen molar-refractivity contribution in [3.8, 4) is 0 Å². The molecule has 0 aromatic carbocycles. The zero-order valence-corrected chi connectivity index (χ0v) is 16.9. The van der Waals surface area contributed by atoms with Crippen LogP contribution < -0.4 is 5.32 Å². The van der Waals surface area contributed by atoms with E-state index in [9.17, 15) is 19.2 Å². The number of amides is 1. The van der Waals surface area contributed by atoms with E-state index < -0.39 is 12.0 Å². The molecule has 7 nitrogen and oxygen atoms in total. The van der Waals surface area contributed by atoms with E-state index in [1.54, 1.807) is 13.0 Å². The molecule has 154 valence electrons. The van der Waals surface area contributed by atoms with Crippen LogP contribution in [0.5, 0.6) is 0 Å². The summed E-state index contributed by atoms with van der Waals surface area (Å²) >= 11 is 0. The van der Waals surface area contributed by atoms with Crippen LogP contribution in [-0.2, 0) is 14.4 Å². The summed E-state index contributed by atoms with van der Waals surface area (Å²) in [4.78, 5) is 48.8. The third-order valence-corrected chi connectivity index (χ3v) is 5.18. The number of carbonyl (C=O) groups is 4. The molecule has 1 aromatic rings. The summed E-state index contributed by atoms with van der Waals surface area (Å²) < 4.78 is 4.94. The molecule has 7 heteroatoms. The summed E-state index contributed by atoms with van der Waals surface area (Å²) in [6, 6.07) is 0.842. The van der Waals surface area contributed by atoms with Crippen molar-refractivity contribution >= 4 is 23.8 Å². The maximum absolute atomic E-state index is 12.8. The molecule has 2 rings (SSSR count). The molecule has 0 bridgehead atoms. The Labute approximate surface area is 165 Å². The minimum Gasteiger partial charge on any atom is -0.361 e. The highest BCUT2D eigenvalue weighted by molar-refractivity contribution is 5.97. The molecule has 1 amide bonds. The third-order valence-electron chi connectivity index (χ3n) is 5.18. The van der Waals surface area contributed by atoms with Gasteiger partial charge in [-0.3, -0.25) is 14.4 Å². The molecule has 1 aliphatic carbocycles. The molecule has 1 N–H and O–H groups in total. The summed E-state index contributed by atoms with van der Waals surface area (Å²) in [5.41, 5.74) is 0.207. The summed E-state index contributed by atoms with van der Waals surface area (Å²) in [7, 11) is 0. The SMILES string of the molecule is Cc1cc(C(=O)C[C@@H](CC(C)C)C(=O)N[C@H](C=O)C[C@@H]2CCCCC2=O)no1. The van der Waals surface area contributed by atoms with Crippen molar-refractivity contribution in [2.45, 2.75) is 71.8 Å². The van der Waals surface area contributed by atoms with Crippen LogP contribution in [0.4, 0.5) is 0 Å². The monoisotopic (exact) mass is 390 g/mol. The number of nitrogens with zero attached hydrogens (tertiary/aromatic N) is 1. The van der Waals surface area contributed by atoms with E-state index in [4.69, 9.17) is 4.52 Å². The fraction of sp³-hybridized carbons (Fsp3) is 0.667. The Hall–Kier alpha value is -2.31. The zero-order valence-electron chi connectivity index (χ0n) is 16.9. The van der Waals surface area contributed by atoms with Gasteiger partial charge in [-0.25, -0.2) is 0 Å². The average molecular weight is 390 g/mol. The molecule has 0 unspecified atom stereocenters. The topological polar surface area (TPSA) is 106 Å². The smallest absolute Gasteiger partial charge is 0.224 e. The van der Waals surface area contributed by atoms with Crippen LogP contribution in [0.1, 0.15) is 75.0 Å². The lowest BCUT2D eigenvalue weighted by Crippen LogP contribution is -2.43. The number of ketones is 2. The Morgan fingerprint density at radius 3 is 2.68 bits per heavy atom. The maximum Gasteiger partial charge on any atom is 0.224 e. The average Bonchev–Trinajstić information content (AvgIpc) is 3.08. The van der Waals surface area contributed by atoms with E-state index in [-0.39, 0.29) is 41.4 Å². The molecule has 1 heterocycles. The normalized spacial score (nSPS) is 19.3. The Morgan fingerprint density at radius 2 is 2.11 bits per heavy atom. The lowest BCUT2D eigenvalue weighted by Gasteiger charge is -2.25. The maximum atomic E-state index is 12.8. The molecule has 1 saturated carbocycles. The van der Waals surface area contributed by atoms with Gasteiger partial charge in [0.15, 0.2) is 5.78 Å². The van der Waals surface area contributed by atoms with Gasteiger partial charge < -0.3 is 14.6 Å². The molecule has 28 heavy (non-hydrogen) atoms. The van der Waals surface area contributed by atoms with Crippen LogP contribution in [0.2, 0.25) is 0 Å². The van der Waals surface area contributed by atoms with Crippen molar-refractivity contribution in [2.24, 2.45) is 17.8 Å². The van der Waals surface area contributed by atoms with Gasteiger partial charge in [0.1, 0.15) is 23.5 Å². The highest BCUT2D eigenvalue weighted by Crippen LogP contribution is 2.25. The van der Waals surface area contributed by atoms with Crippen molar-refractivity contribution in [1.29, 1.82) is 0 Å². The Morgan fingerprint density at radius 1 is 1.36 bits per heavy atom. The van der Waals surface area contributed by atoms with Gasteiger partial charge in [-0.2, -0.15) is 0 Å². The number of aromatic nitrogens is 1. The number of rotatable bonds is 10. The number of aldehydes is 1. The number of hydrogen-bond acceptors (Lipinski definition) is 6. The molecule has 1 fully saturated rings. The van der Waals surface area contributed by atoms with E-state index >= 15 is 0 Å². The Kier molecular flexibility index (Phi) is 8.08. The molecular formula is C21H30N2O5. The van der Waals surface area contributed by atoms with Gasteiger partial charge in [-0.15, -0.1) is 0 Å². The minimum absolute atomic E-state index is 0.00389. The molecule has 0 aliphatic heterocycles. The first-order valence-electron chi connectivity index (χ1n) is 10.0. The van der Waals surface area contributed by atoms with Crippen LogP contribution >= 0.6 is 0 Å². The van der Waals surface area contributed by atoms with Gasteiger partial charge in [0.2, 0.25) is 5.91 Å². The predicted molar refractivity (Wildman–Crippen MR) is 103 cm³/mol. The number of hydrogen-bond donors (Lipinski definition) is 1. The van der Waals surface area contributed by atoms with Crippen LogP contribution in [-0.4, -0.2) is 35.0 Å². The number of Topliss-reactive ketones (excluding diaryl/α,β-unsaturated/α-hetero) is 2. The summed E-state index contributed by atoms with van der Waals surface area (Å²) in [5, 5.41) is 6.47. The highest BCUT2D eigenvalue weighted by atomic mass is 16.5. The van der Waals surface area contributed by atoms with Crippen molar-refractivity contribution in [1.82, 2.24) is 10.5 Å². The second-order valence-electron chi connectivity index (χ2n) is 8.17. The van der Waals surface area contributed by atoms with Crippen LogP contribution in [0.15, 0.2) is 10.6 Å². The highest BCUT2D eigenvalue weighted by Gasteiger charge is 2.29. The van der Waals surface area contributed by atoms with E-state index in [0.717, 1.165) is 19.3 Å². The number of aryl methyl sites for hydroxylation is 1. The minimum atomic E-state index is -0.710. The predicted octanol–water partition coefficient (Wildman–Crippen LogP) is 3.05. The van der Waals surface area contributed by atoms with Crippen molar-refractivity contribution in [2.75, 3.05) is 0 Å². The van der Waals surface area contributed by atoms with Gasteiger partial charge in [-0.1, -0.05) is 25.4 Å². The van der Waals surface area contributed by atoms with Crippen LogP contribution in [0.25, 0.3) is 0 Å². The summed E-state index contributed by atoms with van der Waals surface area (Å²) in [6.07, 6.45) is 4.72. The van der Waals surface area contributed by atoms with E-state index in [0.29, 0.717) is 31.3 Å². The van der Waals surface area contributed by atoms with Gasteiger partial charge in [0.05, 0.1) is 6.04 Å². The lowest BCUT2D eigenvalue weighted by atomic mass is 9.83. The van der Waals surface area contributed by atoms with Gasteiger partial charge in [0, 0.05) is 30.7 Å². The Balaban J connectivity index is 2.00. The van der Waals surface area contributed by atoms with Crippen molar-refractivity contribution in [3.63, 3.8) is 0 Å². The first-order chi connectivity index (χ1) is 13.3. The molecule has 0 saturated heterocycles. The molecule has 0 radical (unpaired) electrons. The first-order valence-corrected chi connectivity index (χ1v) is 10.0. The van der Waals surface area contributed by atoms with E-state index in [2.05, 4.69) is 10.5 Å². The van der Waals surface area contributed by atoms with E-state index in [1.165, 1.54) is 0 Å². The second kappa shape index (κ2) is 10.3. The van der Waals surface area contributed by atoms with Crippen LogP contribution in [0.3, 0.4) is 0 Å². The van der Waals surface area contributed by atoms with Crippen molar-refractivity contribution in [3.05, 3.63) is 17.5 Å². The molecule has 0 spiro atoms. The van der Waals surface area contributed by atoms with Gasteiger partial charge in [0.25, 0.3) is 0 Å². The number of nitrogens with one attached hydrogen (secondary N) is 1. The quantitative estimate of drug-likeness (QED) is 0.486. The second-order valence-corrected chi connectivity index (χ2v) is 8.17. The summed E-state index contributed by atoms with van der Waals surface area (Å²) in [6.45, 7) is 5.65. The fourth-order valence-corrected chi connectivity index (χ4v) is 3.74. The molecule has 1 aromatic heterocycles. The standard InChI is InChI=1S/C21H30N2O5/c1-13(2)8-16(11-20(26)18-9-14(3)28-23-18)21(27)22-17(12-24)10-15-6-4-5-7-19(15)25/h9,12-13,15-17H,4-8,10-11H2,1-3H3,(H,22,27)/t15-,16+,17-/m0/s1. The van der Waals surface area contributed by atoms with E-state index in [1.807, 2.05) is 13.8 Å². The van der Waals surface area contributed by atoms with Crippen molar-refractivity contribution < 1.29 is 23.7 Å². The van der Waals surface area contributed by atoms with Crippen LogP contribution in [0, 0.1) is 24.7 Å².